The van der Waals surface area contributed by atoms with E-state index >= 15 is 0 Å². The van der Waals surface area contributed by atoms with Gasteiger partial charge in [0.2, 0.25) is 5.91 Å². The first-order valence-corrected chi connectivity index (χ1v) is 11.9. The van der Waals surface area contributed by atoms with E-state index in [9.17, 15) is 14.7 Å². The molecule has 0 aliphatic carbocycles. The molecule has 37 heavy (non-hydrogen) atoms. The van der Waals surface area contributed by atoms with Crippen molar-refractivity contribution in [2.75, 3.05) is 5.32 Å². The number of carbonyl (C=O) groups excluding carboxylic acids is 2. The predicted octanol–water partition coefficient (Wildman–Crippen LogP) is 4.16. The molecule has 4 N–H and O–H groups in total. The number of ether oxygens (including phenoxy) is 1. The molecule has 4 rings (SSSR count). The molecule has 0 aliphatic rings. The highest BCUT2D eigenvalue weighted by Gasteiger charge is 2.30. The minimum Gasteiger partial charge on any atom is -0.456 e. The number of nitrogens with one attached hydrogen (secondary N) is 1. The average Bonchev–Trinajstić information content (AvgIpc) is 3.29. The van der Waals surface area contributed by atoms with Gasteiger partial charge >= 0.3 is 0 Å². The SMILES string of the molecule is Cc1cc(CC(=O)Nc2cnn(C(C)(C)C)c2)ccc1Oc1ccnc2ccc(C(C)(O)C(N)=O)cc12. The van der Waals surface area contributed by atoms with Gasteiger partial charge in [0, 0.05) is 17.8 Å². The van der Waals surface area contributed by atoms with Crippen LogP contribution in [-0.4, -0.2) is 31.7 Å². The first-order chi connectivity index (χ1) is 17.3. The summed E-state index contributed by atoms with van der Waals surface area (Å²) in [7, 11) is 0. The molecule has 192 valence electrons. The van der Waals surface area contributed by atoms with Crippen molar-refractivity contribution in [3.05, 3.63) is 77.7 Å². The highest BCUT2D eigenvalue weighted by Crippen LogP contribution is 2.33. The molecular weight excluding hydrogens is 470 g/mol. The molecular formula is C28H31N5O4. The molecule has 2 aromatic heterocycles. The number of rotatable bonds is 7. The summed E-state index contributed by atoms with van der Waals surface area (Å²) in [6, 6.07) is 12.2. The van der Waals surface area contributed by atoms with Gasteiger partial charge < -0.3 is 20.9 Å². The molecule has 0 saturated heterocycles. The first-order valence-electron chi connectivity index (χ1n) is 11.9. The number of hydrogen-bond acceptors (Lipinski definition) is 6. The molecule has 0 radical (unpaired) electrons. The molecule has 9 nitrogen and oxygen atoms in total. The number of carbonyl (C=O) groups is 2. The summed E-state index contributed by atoms with van der Waals surface area (Å²) in [5.74, 6) is 0.124. The maximum atomic E-state index is 12.6. The summed E-state index contributed by atoms with van der Waals surface area (Å²) < 4.78 is 8.00. The van der Waals surface area contributed by atoms with Crippen LogP contribution in [0.5, 0.6) is 11.5 Å². The summed E-state index contributed by atoms with van der Waals surface area (Å²) in [6.07, 6.45) is 5.27. The Kier molecular flexibility index (Phi) is 6.75. The van der Waals surface area contributed by atoms with Gasteiger partial charge in [0.25, 0.3) is 5.91 Å². The predicted molar refractivity (Wildman–Crippen MR) is 141 cm³/mol. The van der Waals surface area contributed by atoms with E-state index in [0.717, 1.165) is 11.1 Å². The van der Waals surface area contributed by atoms with Crippen molar-refractivity contribution in [2.45, 2.75) is 52.2 Å². The monoisotopic (exact) mass is 501 g/mol. The van der Waals surface area contributed by atoms with Crippen LogP contribution >= 0.6 is 0 Å². The van der Waals surface area contributed by atoms with Crippen molar-refractivity contribution in [2.24, 2.45) is 5.73 Å². The quantitative estimate of drug-likeness (QED) is 0.348. The van der Waals surface area contributed by atoms with Gasteiger partial charge in [-0.15, -0.1) is 0 Å². The topological polar surface area (TPSA) is 132 Å². The Hall–Kier alpha value is -4.24. The fourth-order valence-corrected chi connectivity index (χ4v) is 3.85. The standard InChI is InChI=1S/C28H31N5O4/c1-17-12-18(13-25(34)32-20-15-31-33(16-20)27(2,3)4)6-9-23(17)37-24-10-11-30-22-8-7-19(14-21(22)24)28(5,36)26(29)35/h6-12,14-16,36H,13H2,1-5H3,(H2,29,35)(H,32,34). The number of aryl methyl sites for hydroxylation is 1. The highest BCUT2D eigenvalue weighted by atomic mass is 16.5. The molecule has 0 fully saturated rings. The molecule has 2 amide bonds. The van der Waals surface area contributed by atoms with Crippen molar-refractivity contribution in [1.82, 2.24) is 14.8 Å². The summed E-state index contributed by atoms with van der Waals surface area (Å²) >= 11 is 0. The van der Waals surface area contributed by atoms with Crippen LogP contribution in [0.2, 0.25) is 0 Å². The van der Waals surface area contributed by atoms with Gasteiger partial charge in [-0.1, -0.05) is 18.2 Å². The number of aliphatic hydroxyl groups is 1. The molecule has 0 bridgehead atoms. The van der Waals surface area contributed by atoms with Crippen LogP contribution in [0.25, 0.3) is 10.9 Å². The third-order valence-electron chi connectivity index (χ3n) is 6.12. The van der Waals surface area contributed by atoms with Crippen molar-refractivity contribution in [3.8, 4) is 11.5 Å². The zero-order chi connectivity index (χ0) is 27.0. The van der Waals surface area contributed by atoms with Gasteiger partial charge in [-0.3, -0.25) is 19.3 Å². The van der Waals surface area contributed by atoms with Crippen LogP contribution in [0.1, 0.15) is 44.4 Å². The average molecular weight is 502 g/mol. The van der Waals surface area contributed by atoms with Crippen LogP contribution in [0.3, 0.4) is 0 Å². The lowest BCUT2D eigenvalue weighted by atomic mass is 9.94. The molecule has 1 atom stereocenters. The number of fused-ring (bicyclic) bond motifs is 1. The van der Waals surface area contributed by atoms with Crippen molar-refractivity contribution >= 4 is 28.4 Å². The molecule has 0 aliphatic heterocycles. The second kappa shape index (κ2) is 9.67. The molecule has 0 saturated carbocycles. The summed E-state index contributed by atoms with van der Waals surface area (Å²) in [5.41, 5.74) is 6.69. The fraction of sp³-hybridized carbons (Fsp3) is 0.286. The van der Waals surface area contributed by atoms with Gasteiger partial charge in [0.15, 0.2) is 5.60 Å². The number of primary amides is 1. The number of pyridine rings is 1. The highest BCUT2D eigenvalue weighted by molar-refractivity contribution is 5.92. The number of benzene rings is 2. The van der Waals surface area contributed by atoms with Crippen molar-refractivity contribution < 1.29 is 19.4 Å². The Morgan fingerprint density at radius 2 is 1.84 bits per heavy atom. The molecule has 0 spiro atoms. The summed E-state index contributed by atoms with van der Waals surface area (Å²) in [5, 5.41) is 18.3. The van der Waals surface area contributed by atoms with Crippen molar-refractivity contribution in [3.63, 3.8) is 0 Å². The largest absolute Gasteiger partial charge is 0.456 e. The van der Waals surface area contributed by atoms with Gasteiger partial charge in [0.05, 0.1) is 29.4 Å². The van der Waals surface area contributed by atoms with E-state index in [0.29, 0.717) is 33.7 Å². The van der Waals surface area contributed by atoms with E-state index < -0.39 is 11.5 Å². The molecule has 4 aromatic rings. The second-order valence-electron chi connectivity index (χ2n) is 10.2. The second-order valence-corrected chi connectivity index (χ2v) is 10.2. The van der Waals surface area contributed by atoms with Crippen LogP contribution in [0.4, 0.5) is 5.69 Å². The number of amides is 2. The Morgan fingerprint density at radius 1 is 1.08 bits per heavy atom. The summed E-state index contributed by atoms with van der Waals surface area (Å²) in [4.78, 5) is 28.7. The number of nitrogens with zero attached hydrogens (tertiary/aromatic N) is 3. The van der Waals surface area contributed by atoms with Crippen LogP contribution in [0.15, 0.2) is 61.1 Å². The first kappa shape index (κ1) is 25.8. The fourth-order valence-electron chi connectivity index (χ4n) is 3.85. The van der Waals surface area contributed by atoms with Gasteiger partial charge in [-0.2, -0.15) is 5.10 Å². The minimum atomic E-state index is -1.83. The lowest BCUT2D eigenvalue weighted by Crippen LogP contribution is -2.38. The van der Waals surface area contributed by atoms with E-state index in [1.807, 2.05) is 52.1 Å². The third-order valence-corrected chi connectivity index (χ3v) is 6.12. The number of hydrogen-bond donors (Lipinski definition) is 3. The van der Waals surface area contributed by atoms with E-state index in [1.165, 1.54) is 6.92 Å². The molecule has 9 heteroatoms. The third kappa shape index (κ3) is 5.62. The molecule has 2 heterocycles. The van der Waals surface area contributed by atoms with Crippen LogP contribution in [-0.2, 0) is 27.1 Å². The van der Waals surface area contributed by atoms with E-state index in [4.69, 9.17) is 10.5 Å². The number of aromatic nitrogens is 3. The zero-order valence-corrected chi connectivity index (χ0v) is 21.6. The number of nitrogens with two attached hydrogens (primary N) is 1. The zero-order valence-electron chi connectivity index (χ0n) is 21.6. The van der Waals surface area contributed by atoms with E-state index in [2.05, 4.69) is 15.4 Å². The lowest BCUT2D eigenvalue weighted by Gasteiger charge is -2.20. The van der Waals surface area contributed by atoms with Gasteiger partial charge in [0.1, 0.15) is 11.5 Å². The lowest BCUT2D eigenvalue weighted by molar-refractivity contribution is -0.135. The Bertz CT molecular complexity index is 1480. The maximum Gasteiger partial charge on any atom is 0.253 e. The normalized spacial score (nSPS) is 13.2. The van der Waals surface area contributed by atoms with Crippen LogP contribution < -0.4 is 15.8 Å². The van der Waals surface area contributed by atoms with Gasteiger partial charge in [-0.05, 0) is 75.6 Å². The Morgan fingerprint density at radius 3 is 2.49 bits per heavy atom. The Labute approximate surface area is 215 Å². The maximum absolute atomic E-state index is 12.6. The van der Waals surface area contributed by atoms with Crippen LogP contribution in [0, 0.1) is 6.92 Å². The van der Waals surface area contributed by atoms with Crippen molar-refractivity contribution in [1.29, 1.82) is 0 Å². The van der Waals surface area contributed by atoms with E-state index in [-0.39, 0.29) is 17.9 Å². The minimum absolute atomic E-state index is 0.143. The number of anilines is 1. The molecule has 2 aromatic carbocycles. The summed E-state index contributed by atoms with van der Waals surface area (Å²) in [6.45, 7) is 9.36. The smallest absolute Gasteiger partial charge is 0.253 e. The Balaban J connectivity index is 1.51. The van der Waals surface area contributed by atoms with Gasteiger partial charge in [-0.25, -0.2) is 0 Å². The van der Waals surface area contributed by atoms with E-state index in [1.54, 1.807) is 41.3 Å². The molecule has 1 unspecified atom stereocenters.